The maximum absolute atomic E-state index is 12.4. The van der Waals surface area contributed by atoms with E-state index in [1.165, 1.54) is 0 Å². The summed E-state index contributed by atoms with van der Waals surface area (Å²) in [6, 6.07) is 5.76. The molecule has 2 aromatic rings. The molecule has 1 aliphatic heterocycles. The Balaban J connectivity index is 2.41. The third-order valence-electron chi connectivity index (χ3n) is 3.37. The average Bonchev–Trinajstić information content (AvgIpc) is 2.65. The van der Waals surface area contributed by atoms with Crippen molar-refractivity contribution in [3.05, 3.63) is 36.4 Å². The van der Waals surface area contributed by atoms with Gasteiger partial charge in [0.25, 0.3) is 20.2 Å². The van der Waals surface area contributed by atoms with E-state index in [0.29, 0.717) is 0 Å². The number of sulfone groups is 1. The van der Waals surface area contributed by atoms with Gasteiger partial charge in [-0.05, 0) is 36.4 Å². The Labute approximate surface area is 131 Å². The van der Waals surface area contributed by atoms with Gasteiger partial charge in [-0.3, -0.25) is 9.11 Å². The summed E-state index contributed by atoms with van der Waals surface area (Å²) >= 11 is 0. The van der Waals surface area contributed by atoms with Crippen LogP contribution in [0, 0.1) is 0 Å². The van der Waals surface area contributed by atoms with Crippen molar-refractivity contribution in [1.29, 1.82) is 0 Å². The highest BCUT2D eigenvalue weighted by Crippen LogP contribution is 2.44. The highest BCUT2D eigenvalue weighted by atomic mass is 32.2. The van der Waals surface area contributed by atoms with Crippen LogP contribution in [0.3, 0.4) is 0 Å². The molecule has 1 heterocycles. The number of benzene rings is 2. The van der Waals surface area contributed by atoms with E-state index < -0.39 is 39.9 Å². The minimum atomic E-state index is -4.57. The Hall–Kier alpha value is -1.79. The van der Waals surface area contributed by atoms with Crippen LogP contribution in [0.5, 0.6) is 0 Å². The first kappa shape index (κ1) is 16.1. The van der Waals surface area contributed by atoms with E-state index in [-0.39, 0.29) is 20.9 Å². The van der Waals surface area contributed by atoms with E-state index >= 15 is 0 Å². The molecular weight excluding hydrogens is 368 g/mol. The molecular formula is C12H8O8S3. The molecule has 8 nitrogen and oxygen atoms in total. The Morgan fingerprint density at radius 1 is 0.696 bits per heavy atom. The van der Waals surface area contributed by atoms with E-state index in [9.17, 15) is 25.3 Å². The predicted octanol–water partition coefficient (Wildman–Crippen LogP) is 0.993. The lowest BCUT2D eigenvalue weighted by Gasteiger charge is -2.03. The van der Waals surface area contributed by atoms with Crippen molar-refractivity contribution in [2.75, 3.05) is 0 Å². The summed E-state index contributed by atoms with van der Waals surface area (Å²) in [5.41, 5.74) is -0.138. The summed E-state index contributed by atoms with van der Waals surface area (Å²) in [7, 11) is -13.1. The van der Waals surface area contributed by atoms with Gasteiger partial charge in [0.1, 0.15) is 0 Å². The molecule has 23 heavy (non-hydrogen) atoms. The van der Waals surface area contributed by atoms with Gasteiger partial charge in [-0.15, -0.1) is 0 Å². The van der Waals surface area contributed by atoms with Crippen LogP contribution >= 0.6 is 0 Å². The largest absolute Gasteiger partial charge is 0.294 e. The van der Waals surface area contributed by atoms with Crippen LogP contribution in [0.1, 0.15) is 0 Å². The molecule has 0 spiro atoms. The monoisotopic (exact) mass is 376 g/mol. The SMILES string of the molecule is O=S(=O)(O)c1ccc2c(c1)-c1cc(S(=O)(=O)O)ccc1S2(=O)=O. The summed E-state index contributed by atoms with van der Waals surface area (Å²) in [5.74, 6) is 0. The first-order chi connectivity index (χ1) is 10.4. The fourth-order valence-corrected chi connectivity index (χ4v) is 5.01. The number of hydrogen-bond donors (Lipinski definition) is 2. The van der Waals surface area contributed by atoms with E-state index in [1.807, 2.05) is 0 Å². The standard InChI is InChI=1S/C12H8O8S3/c13-21(14)11-3-1-7(22(15,16)17)5-9(11)10-6-8(23(18,19)20)2-4-12(10)21/h1-6H,(H,15,16,17)(H,18,19,20). The van der Waals surface area contributed by atoms with Crippen molar-refractivity contribution in [2.24, 2.45) is 0 Å². The topological polar surface area (TPSA) is 143 Å². The molecule has 11 heteroatoms. The van der Waals surface area contributed by atoms with E-state index in [4.69, 9.17) is 9.11 Å². The Morgan fingerprint density at radius 3 is 1.35 bits per heavy atom. The van der Waals surface area contributed by atoms with Crippen LogP contribution in [-0.2, 0) is 30.1 Å². The van der Waals surface area contributed by atoms with Gasteiger partial charge in [0.2, 0.25) is 9.84 Å². The van der Waals surface area contributed by atoms with Gasteiger partial charge in [-0.1, -0.05) is 0 Å². The highest BCUT2D eigenvalue weighted by molar-refractivity contribution is 7.92. The Kier molecular flexibility index (Phi) is 3.23. The molecule has 0 bridgehead atoms. The van der Waals surface area contributed by atoms with E-state index in [2.05, 4.69) is 0 Å². The second-order valence-electron chi connectivity index (χ2n) is 4.77. The summed E-state index contributed by atoms with van der Waals surface area (Å²) in [6.07, 6.45) is 0. The Morgan fingerprint density at radius 2 is 1.04 bits per heavy atom. The van der Waals surface area contributed by atoms with Crippen LogP contribution in [-0.4, -0.2) is 34.4 Å². The molecule has 3 rings (SSSR count). The van der Waals surface area contributed by atoms with Gasteiger partial charge >= 0.3 is 0 Å². The highest BCUT2D eigenvalue weighted by Gasteiger charge is 2.34. The minimum Gasteiger partial charge on any atom is -0.282 e. The third kappa shape index (κ3) is 2.46. The van der Waals surface area contributed by atoms with Crippen LogP contribution in [0.2, 0.25) is 0 Å². The molecule has 2 aromatic carbocycles. The van der Waals surface area contributed by atoms with Gasteiger partial charge in [0.15, 0.2) is 0 Å². The predicted molar refractivity (Wildman–Crippen MR) is 77.0 cm³/mol. The normalized spacial score (nSPS) is 15.9. The fraction of sp³-hybridized carbons (Fsp3) is 0. The molecule has 0 saturated carbocycles. The zero-order valence-corrected chi connectivity index (χ0v) is 13.5. The van der Waals surface area contributed by atoms with E-state index in [0.717, 1.165) is 36.4 Å². The zero-order valence-electron chi connectivity index (χ0n) is 11.0. The maximum Gasteiger partial charge on any atom is 0.294 e. The summed E-state index contributed by atoms with van der Waals surface area (Å²) in [5, 5.41) is 0. The first-order valence-electron chi connectivity index (χ1n) is 5.91. The maximum atomic E-state index is 12.4. The van der Waals surface area contributed by atoms with Crippen LogP contribution in [0.4, 0.5) is 0 Å². The summed E-state index contributed by atoms with van der Waals surface area (Å²) in [6.45, 7) is 0. The van der Waals surface area contributed by atoms with E-state index in [1.54, 1.807) is 0 Å². The molecule has 0 fully saturated rings. The number of fused-ring (bicyclic) bond motifs is 3. The average molecular weight is 376 g/mol. The second kappa shape index (κ2) is 4.61. The van der Waals surface area contributed by atoms with Crippen molar-refractivity contribution in [3.63, 3.8) is 0 Å². The second-order valence-corrected chi connectivity index (χ2v) is 9.50. The van der Waals surface area contributed by atoms with Gasteiger partial charge in [0, 0.05) is 11.1 Å². The van der Waals surface area contributed by atoms with Gasteiger partial charge in [-0.25, -0.2) is 8.42 Å². The van der Waals surface area contributed by atoms with Crippen molar-refractivity contribution in [1.82, 2.24) is 0 Å². The van der Waals surface area contributed by atoms with Gasteiger partial charge in [-0.2, -0.15) is 16.8 Å². The molecule has 2 N–H and O–H groups in total. The lowest BCUT2D eigenvalue weighted by Crippen LogP contribution is -2.00. The molecule has 122 valence electrons. The zero-order chi connectivity index (χ0) is 17.2. The van der Waals surface area contributed by atoms with Gasteiger partial charge < -0.3 is 0 Å². The quantitative estimate of drug-likeness (QED) is 0.630. The molecule has 0 aromatic heterocycles. The number of hydrogen-bond acceptors (Lipinski definition) is 6. The lowest BCUT2D eigenvalue weighted by atomic mass is 10.1. The lowest BCUT2D eigenvalue weighted by molar-refractivity contribution is 0.480. The fourth-order valence-electron chi connectivity index (χ4n) is 2.35. The van der Waals surface area contributed by atoms with Crippen molar-refractivity contribution < 1.29 is 34.4 Å². The smallest absolute Gasteiger partial charge is 0.282 e. The third-order valence-corrected chi connectivity index (χ3v) is 6.94. The van der Waals surface area contributed by atoms with Crippen molar-refractivity contribution >= 4 is 30.1 Å². The van der Waals surface area contributed by atoms with Crippen LogP contribution < -0.4 is 0 Å². The van der Waals surface area contributed by atoms with Crippen LogP contribution in [0.15, 0.2) is 56.0 Å². The van der Waals surface area contributed by atoms with Gasteiger partial charge in [0.05, 0.1) is 19.6 Å². The number of rotatable bonds is 2. The first-order valence-corrected chi connectivity index (χ1v) is 10.3. The van der Waals surface area contributed by atoms with Crippen molar-refractivity contribution in [2.45, 2.75) is 19.6 Å². The molecule has 0 radical (unpaired) electrons. The molecule has 0 atom stereocenters. The molecule has 0 saturated heterocycles. The summed E-state index contributed by atoms with van der Waals surface area (Å²) in [4.78, 5) is -1.49. The molecule has 1 aliphatic rings. The molecule has 0 aliphatic carbocycles. The minimum absolute atomic E-state index is 0.0689. The Bertz CT molecular complexity index is 1070. The molecule has 0 amide bonds. The van der Waals surface area contributed by atoms with Crippen molar-refractivity contribution in [3.8, 4) is 11.1 Å². The summed E-state index contributed by atoms with van der Waals surface area (Å²) < 4.78 is 87.7. The molecule has 0 unspecified atom stereocenters. The van der Waals surface area contributed by atoms with Crippen LogP contribution in [0.25, 0.3) is 11.1 Å².